The smallest absolute Gasteiger partial charge is 0.152 e. The number of nitrogens with two attached hydrogens (primary N) is 1. The summed E-state index contributed by atoms with van der Waals surface area (Å²) in [6.45, 7) is 12.0. The minimum atomic E-state index is 0.518. The lowest BCUT2D eigenvalue weighted by Gasteiger charge is -2.34. The van der Waals surface area contributed by atoms with E-state index in [1.807, 2.05) is 19.2 Å². The molecule has 18 heavy (non-hydrogen) atoms. The van der Waals surface area contributed by atoms with Crippen molar-refractivity contribution in [3.8, 4) is 0 Å². The third-order valence-electron chi connectivity index (χ3n) is 3.25. The Morgan fingerprint density at radius 3 is 2.33 bits per heavy atom. The van der Waals surface area contributed by atoms with Gasteiger partial charge in [0.1, 0.15) is 0 Å². The van der Waals surface area contributed by atoms with Crippen LogP contribution in [0.1, 0.15) is 46.1 Å². The Hall–Kier alpha value is -1.25. The zero-order chi connectivity index (χ0) is 13.7. The van der Waals surface area contributed by atoms with Crippen molar-refractivity contribution in [2.45, 2.75) is 53.5 Å². The van der Waals surface area contributed by atoms with E-state index in [4.69, 9.17) is 5.73 Å². The van der Waals surface area contributed by atoms with Crippen LogP contribution in [0.15, 0.2) is 12.3 Å². The minimum absolute atomic E-state index is 0.518. The van der Waals surface area contributed by atoms with Crippen LogP contribution >= 0.6 is 0 Å². The molecule has 0 amide bonds. The van der Waals surface area contributed by atoms with Gasteiger partial charge < -0.3 is 10.6 Å². The number of aryl methyl sites for hydroxylation is 1. The van der Waals surface area contributed by atoms with Gasteiger partial charge in [0, 0.05) is 18.8 Å². The van der Waals surface area contributed by atoms with Crippen LogP contribution in [0.2, 0.25) is 0 Å². The van der Waals surface area contributed by atoms with E-state index >= 15 is 0 Å². The molecule has 0 fully saturated rings. The first-order valence-corrected chi connectivity index (χ1v) is 6.98. The van der Waals surface area contributed by atoms with E-state index in [0.717, 1.165) is 36.5 Å². The number of hydrogen-bond acceptors (Lipinski definition) is 3. The van der Waals surface area contributed by atoms with Gasteiger partial charge in [0.25, 0.3) is 0 Å². The second-order valence-corrected chi connectivity index (χ2v) is 5.44. The Labute approximate surface area is 111 Å². The predicted molar refractivity (Wildman–Crippen MR) is 79.9 cm³/mol. The number of aromatic nitrogens is 1. The molecule has 0 bridgehead atoms. The highest BCUT2D eigenvalue weighted by Gasteiger charge is 2.20. The van der Waals surface area contributed by atoms with Gasteiger partial charge in [-0.15, -0.1) is 0 Å². The molecular formula is C15H27N3. The summed E-state index contributed by atoms with van der Waals surface area (Å²) in [7, 11) is 0. The predicted octanol–water partition coefficient (Wildman–Crippen LogP) is 3.62. The van der Waals surface area contributed by atoms with Crippen molar-refractivity contribution in [1.29, 1.82) is 0 Å². The number of hydrogen-bond donors (Lipinski definition) is 1. The Kier molecular flexibility index (Phi) is 5.45. The monoisotopic (exact) mass is 249 g/mol. The van der Waals surface area contributed by atoms with Crippen LogP contribution in [-0.2, 0) is 0 Å². The molecule has 1 rings (SSSR count). The molecule has 0 aliphatic heterocycles. The maximum atomic E-state index is 6.14. The molecule has 0 saturated heterocycles. The third kappa shape index (κ3) is 3.62. The number of nitrogen functional groups attached to an aromatic ring is 1. The van der Waals surface area contributed by atoms with Gasteiger partial charge in [-0.1, -0.05) is 27.7 Å². The van der Waals surface area contributed by atoms with Gasteiger partial charge in [0.15, 0.2) is 5.82 Å². The number of nitrogens with zero attached hydrogens (tertiary/aromatic N) is 2. The molecular weight excluding hydrogens is 222 g/mol. The van der Waals surface area contributed by atoms with Gasteiger partial charge in [0.05, 0.1) is 5.69 Å². The van der Waals surface area contributed by atoms with Crippen LogP contribution in [0.4, 0.5) is 11.5 Å². The average molecular weight is 249 g/mol. The topological polar surface area (TPSA) is 42.2 Å². The normalized spacial score (nSPS) is 11.3. The van der Waals surface area contributed by atoms with Crippen LogP contribution in [0.25, 0.3) is 0 Å². The van der Waals surface area contributed by atoms with Gasteiger partial charge in [0.2, 0.25) is 0 Å². The molecule has 0 atom stereocenters. The molecule has 3 heteroatoms. The summed E-state index contributed by atoms with van der Waals surface area (Å²) < 4.78 is 0. The van der Waals surface area contributed by atoms with Gasteiger partial charge in [-0.2, -0.15) is 0 Å². The molecule has 0 unspecified atom stereocenters. The van der Waals surface area contributed by atoms with Gasteiger partial charge in [-0.05, 0) is 37.3 Å². The van der Waals surface area contributed by atoms with Crippen molar-refractivity contribution < 1.29 is 0 Å². The number of anilines is 2. The molecule has 1 aromatic rings. The maximum Gasteiger partial charge on any atom is 0.152 e. The molecule has 3 nitrogen and oxygen atoms in total. The van der Waals surface area contributed by atoms with Crippen LogP contribution in [-0.4, -0.2) is 17.6 Å². The van der Waals surface area contributed by atoms with Crippen molar-refractivity contribution in [2.75, 3.05) is 17.2 Å². The zero-order valence-electron chi connectivity index (χ0n) is 12.4. The van der Waals surface area contributed by atoms with Crippen LogP contribution in [0.5, 0.6) is 0 Å². The zero-order valence-corrected chi connectivity index (χ0v) is 12.4. The molecule has 102 valence electrons. The molecule has 2 N–H and O–H groups in total. The molecule has 0 aromatic carbocycles. The highest BCUT2D eigenvalue weighted by Crippen LogP contribution is 2.26. The van der Waals surface area contributed by atoms with Crippen LogP contribution in [0, 0.1) is 12.8 Å². The number of rotatable bonds is 6. The van der Waals surface area contributed by atoms with Crippen molar-refractivity contribution in [3.63, 3.8) is 0 Å². The van der Waals surface area contributed by atoms with E-state index in [2.05, 4.69) is 37.6 Å². The SMILES string of the molecule is CCC(CC)N(CC(C)C)c1ncc(C)cc1N. The quantitative estimate of drug-likeness (QED) is 0.837. The Balaban J connectivity index is 3.08. The first-order chi connectivity index (χ1) is 8.49. The summed E-state index contributed by atoms with van der Waals surface area (Å²) in [6, 6.07) is 2.53. The van der Waals surface area contributed by atoms with E-state index in [0.29, 0.717) is 12.0 Å². The summed E-state index contributed by atoms with van der Waals surface area (Å²) in [6.07, 6.45) is 4.15. The lowest BCUT2D eigenvalue weighted by molar-refractivity contribution is 0.504. The molecule has 0 aliphatic carbocycles. The molecule has 1 aromatic heterocycles. The fourth-order valence-electron chi connectivity index (χ4n) is 2.36. The molecule has 1 heterocycles. The molecule has 0 saturated carbocycles. The second kappa shape index (κ2) is 6.62. The molecule has 0 spiro atoms. The fourth-order valence-corrected chi connectivity index (χ4v) is 2.36. The molecule has 0 aliphatic rings. The van der Waals surface area contributed by atoms with E-state index in [1.54, 1.807) is 0 Å². The first kappa shape index (κ1) is 14.8. The minimum Gasteiger partial charge on any atom is -0.396 e. The standard InChI is InChI=1S/C15H27N3/c1-6-13(7-2)18(10-11(3)4)15-14(16)8-12(5)9-17-15/h8-9,11,13H,6-7,10,16H2,1-5H3. The van der Waals surface area contributed by atoms with Gasteiger partial charge >= 0.3 is 0 Å². The lowest BCUT2D eigenvalue weighted by atomic mass is 10.1. The van der Waals surface area contributed by atoms with E-state index < -0.39 is 0 Å². The summed E-state index contributed by atoms with van der Waals surface area (Å²) in [4.78, 5) is 6.92. The largest absolute Gasteiger partial charge is 0.396 e. The van der Waals surface area contributed by atoms with Crippen molar-refractivity contribution in [2.24, 2.45) is 5.92 Å². The van der Waals surface area contributed by atoms with Gasteiger partial charge in [-0.25, -0.2) is 4.98 Å². The van der Waals surface area contributed by atoms with Crippen molar-refractivity contribution in [1.82, 2.24) is 4.98 Å². The van der Waals surface area contributed by atoms with E-state index in [9.17, 15) is 0 Å². The second-order valence-electron chi connectivity index (χ2n) is 5.44. The summed E-state index contributed by atoms with van der Waals surface area (Å²) in [5, 5.41) is 0. The molecule has 0 radical (unpaired) electrons. The Bertz CT molecular complexity index is 370. The maximum absolute atomic E-state index is 6.14. The average Bonchev–Trinajstić information content (AvgIpc) is 2.29. The summed E-state index contributed by atoms with van der Waals surface area (Å²) in [5.41, 5.74) is 8.05. The summed E-state index contributed by atoms with van der Waals surface area (Å²) >= 11 is 0. The third-order valence-corrected chi connectivity index (χ3v) is 3.25. The van der Waals surface area contributed by atoms with E-state index in [-0.39, 0.29) is 0 Å². The fraction of sp³-hybridized carbons (Fsp3) is 0.667. The first-order valence-electron chi connectivity index (χ1n) is 6.98. The van der Waals surface area contributed by atoms with E-state index in [1.165, 1.54) is 0 Å². The van der Waals surface area contributed by atoms with Crippen LogP contribution < -0.4 is 10.6 Å². The highest BCUT2D eigenvalue weighted by molar-refractivity contribution is 5.63. The highest BCUT2D eigenvalue weighted by atomic mass is 15.2. The summed E-state index contributed by atoms with van der Waals surface area (Å²) in [5.74, 6) is 1.55. The van der Waals surface area contributed by atoms with Crippen molar-refractivity contribution in [3.05, 3.63) is 17.8 Å². The Morgan fingerprint density at radius 1 is 1.28 bits per heavy atom. The number of pyridine rings is 1. The van der Waals surface area contributed by atoms with Crippen LogP contribution in [0.3, 0.4) is 0 Å². The van der Waals surface area contributed by atoms with Crippen molar-refractivity contribution >= 4 is 11.5 Å². The lowest BCUT2D eigenvalue weighted by Crippen LogP contribution is -2.38. The van der Waals surface area contributed by atoms with Gasteiger partial charge in [-0.3, -0.25) is 0 Å². The Morgan fingerprint density at radius 2 is 1.89 bits per heavy atom.